The summed E-state index contributed by atoms with van der Waals surface area (Å²) in [5, 5.41) is 0. The topological polar surface area (TPSA) is 17.1 Å². The maximum Gasteiger partial charge on any atom is 0.163 e. The summed E-state index contributed by atoms with van der Waals surface area (Å²) in [5.41, 5.74) is 3.99. The maximum atomic E-state index is 12.6. The van der Waals surface area contributed by atoms with Crippen molar-refractivity contribution in [2.75, 3.05) is 0 Å². The number of aryl methyl sites for hydroxylation is 1. The van der Waals surface area contributed by atoms with Gasteiger partial charge in [0.25, 0.3) is 0 Å². The normalized spacial score (nSPS) is 34.0. The fourth-order valence-corrected chi connectivity index (χ4v) is 4.83. The molecular weight excluding hydrogens is 244 g/mol. The van der Waals surface area contributed by atoms with E-state index in [1.165, 1.54) is 30.4 Å². The van der Waals surface area contributed by atoms with Crippen molar-refractivity contribution >= 4 is 5.78 Å². The zero-order chi connectivity index (χ0) is 13.7. The third-order valence-corrected chi connectivity index (χ3v) is 5.69. The van der Waals surface area contributed by atoms with Crippen LogP contribution >= 0.6 is 0 Å². The Bertz CT molecular complexity index is 598. The minimum absolute atomic E-state index is 0.258. The molecule has 3 atom stereocenters. The SMILES string of the molecule is CCCc1ccc2c(c1)CC1(CC2=O)CC2C=CC1C2. The van der Waals surface area contributed by atoms with Gasteiger partial charge >= 0.3 is 0 Å². The van der Waals surface area contributed by atoms with E-state index in [0.29, 0.717) is 11.7 Å². The minimum Gasteiger partial charge on any atom is -0.294 e. The Morgan fingerprint density at radius 1 is 1.25 bits per heavy atom. The summed E-state index contributed by atoms with van der Waals surface area (Å²) in [4.78, 5) is 12.6. The molecule has 0 aromatic heterocycles. The highest BCUT2D eigenvalue weighted by molar-refractivity contribution is 5.99. The van der Waals surface area contributed by atoms with Crippen LogP contribution in [0.2, 0.25) is 0 Å². The van der Waals surface area contributed by atoms with Crippen LogP contribution in [0.15, 0.2) is 30.4 Å². The average Bonchev–Trinajstić information content (AvgIpc) is 2.99. The fourth-order valence-electron chi connectivity index (χ4n) is 4.83. The molecule has 104 valence electrons. The molecule has 0 radical (unpaired) electrons. The molecule has 2 bridgehead atoms. The van der Waals surface area contributed by atoms with Crippen molar-refractivity contribution in [1.82, 2.24) is 0 Å². The first kappa shape index (κ1) is 12.4. The van der Waals surface area contributed by atoms with Gasteiger partial charge in [-0.25, -0.2) is 0 Å². The van der Waals surface area contributed by atoms with Crippen LogP contribution in [0.4, 0.5) is 0 Å². The zero-order valence-electron chi connectivity index (χ0n) is 12.2. The fraction of sp³-hybridized carbons (Fsp3) is 0.526. The number of benzene rings is 1. The summed E-state index contributed by atoms with van der Waals surface area (Å²) in [5.74, 6) is 1.78. The number of fused-ring (bicyclic) bond motifs is 4. The Morgan fingerprint density at radius 2 is 2.15 bits per heavy atom. The molecule has 3 aliphatic carbocycles. The van der Waals surface area contributed by atoms with Crippen molar-refractivity contribution < 1.29 is 4.79 Å². The molecule has 0 saturated heterocycles. The first-order valence-corrected chi connectivity index (χ1v) is 8.03. The lowest BCUT2D eigenvalue weighted by atomic mass is 9.64. The Morgan fingerprint density at radius 3 is 2.85 bits per heavy atom. The van der Waals surface area contributed by atoms with Crippen LogP contribution in [-0.2, 0) is 12.8 Å². The van der Waals surface area contributed by atoms with Crippen LogP contribution in [0, 0.1) is 17.3 Å². The Labute approximate surface area is 121 Å². The molecule has 0 N–H and O–H groups in total. The lowest BCUT2D eigenvalue weighted by molar-refractivity contribution is 0.0848. The van der Waals surface area contributed by atoms with Gasteiger partial charge < -0.3 is 0 Å². The van der Waals surface area contributed by atoms with Gasteiger partial charge in [-0.3, -0.25) is 4.79 Å². The highest BCUT2D eigenvalue weighted by atomic mass is 16.1. The van der Waals surface area contributed by atoms with E-state index in [-0.39, 0.29) is 5.41 Å². The number of ketones is 1. The average molecular weight is 266 g/mol. The summed E-state index contributed by atoms with van der Waals surface area (Å²) in [7, 11) is 0. The number of allylic oxidation sites excluding steroid dienone is 2. The highest BCUT2D eigenvalue weighted by Crippen LogP contribution is 2.57. The molecule has 20 heavy (non-hydrogen) atoms. The highest BCUT2D eigenvalue weighted by Gasteiger charge is 2.51. The van der Waals surface area contributed by atoms with Gasteiger partial charge in [0.15, 0.2) is 5.78 Å². The predicted octanol–water partition coefficient (Wildman–Crippen LogP) is 4.35. The first-order valence-electron chi connectivity index (χ1n) is 8.03. The van der Waals surface area contributed by atoms with E-state index >= 15 is 0 Å². The van der Waals surface area contributed by atoms with E-state index in [9.17, 15) is 4.79 Å². The minimum atomic E-state index is 0.258. The standard InChI is InChI=1S/C19H22O/c1-2-3-13-5-7-17-15(8-13)11-19(12-18(17)20)10-14-4-6-16(19)9-14/h4-8,14,16H,2-3,9-12H2,1H3. The van der Waals surface area contributed by atoms with Crippen molar-refractivity contribution in [2.24, 2.45) is 17.3 Å². The van der Waals surface area contributed by atoms with Gasteiger partial charge in [-0.2, -0.15) is 0 Å². The van der Waals surface area contributed by atoms with Gasteiger partial charge in [0, 0.05) is 12.0 Å². The number of hydrogen-bond donors (Lipinski definition) is 0. The number of carbonyl (C=O) groups excluding carboxylic acids is 1. The Balaban J connectivity index is 1.72. The van der Waals surface area contributed by atoms with E-state index in [0.717, 1.165) is 30.7 Å². The van der Waals surface area contributed by atoms with Crippen LogP contribution in [0.25, 0.3) is 0 Å². The van der Waals surface area contributed by atoms with Crippen LogP contribution in [0.3, 0.4) is 0 Å². The third kappa shape index (κ3) is 1.72. The molecule has 1 aromatic rings. The van der Waals surface area contributed by atoms with E-state index in [4.69, 9.17) is 0 Å². The molecule has 4 rings (SSSR count). The molecule has 0 aliphatic heterocycles. The number of rotatable bonds is 2. The van der Waals surface area contributed by atoms with Gasteiger partial charge in [-0.05, 0) is 54.1 Å². The molecule has 1 aromatic carbocycles. The molecule has 3 unspecified atom stereocenters. The predicted molar refractivity (Wildman–Crippen MR) is 80.9 cm³/mol. The van der Waals surface area contributed by atoms with Crippen molar-refractivity contribution in [3.05, 3.63) is 47.0 Å². The van der Waals surface area contributed by atoms with Gasteiger partial charge in [0.05, 0.1) is 0 Å². The summed E-state index contributed by atoms with van der Waals surface area (Å²) < 4.78 is 0. The van der Waals surface area contributed by atoms with E-state index < -0.39 is 0 Å². The molecule has 1 nitrogen and oxygen atoms in total. The van der Waals surface area contributed by atoms with Crippen molar-refractivity contribution in [3.8, 4) is 0 Å². The van der Waals surface area contributed by atoms with Gasteiger partial charge in [0.2, 0.25) is 0 Å². The number of Topliss-reactive ketones (excluding diaryl/α,β-unsaturated/α-hetero) is 1. The monoisotopic (exact) mass is 266 g/mol. The molecule has 3 aliphatic rings. The summed E-state index contributed by atoms with van der Waals surface area (Å²) >= 11 is 0. The second-order valence-electron chi connectivity index (χ2n) is 7.07. The molecule has 1 saturated carbocycles. The van der Waals surface area contributed by atoms with E-state index in [1.54, 1.807) is 0 Å². The lowest BCUT2D eigenvalue weighted by Gasteiger charge is -2.39. The number of carbonyl (C=O) groups is 1. The van der Waals surface area contributed by atoms with E-state index in [2.05, 4.69) is 37.3 Å². The van der Waals surface area contributed by atoms with Crippen LogP contribution in [0.1, 0.15) is 54.1 Å². The molecule has 1 heteroatoms. The van der Waals surface area contributed by atoms with Crippen LogP contribution in [-0.4, -0.2) is 5.78 Å². The summed E-state index contributed by atoms with van der Waals surface area (Å²) in [6.07, 6.45) is 11.5. The van der Waals surface area contributed by atoms with Gasteiger partial charge in [-0.15, -0.1) is 0 Å². The molecule has 1 spiro atoms. The van der Waals surface area contributed by atoms with Crippen LogP contribution in [0.5, 0.6) is 0 Å². The van der Waals surface area contributed by atoms with Crippen molar-refractivity contribution in [2.45, 2.75) is 45.4 Å². The lowest BCUT2D eigenvalue weighted by Crippen LogP contribution is -2.35. The zero-order valence-corrected chi connectivity index (χ0v) is 12.2. The quantitative estimate of drug-likeness (QED) is 0.727. The van der Waals surface area contributed by atoms with Crippen molar-refractivity contribution in [3.63, 3.8) is 0 Å². The summed E-state index contributed by atoms with van der Waals surface area (Å²) in [6.45, 7) is 2.22. The number of hydrogen-bond acceptors (Lipinski definition) is 1. The van der Waals surface area contributed by atoms with E-state index in [1.807, 2.05) is 0 Å². The smallest absolute Gasteiger partial charge is 0.163 e. The second kappa shape index (κ2) is 4.31. The largest absolute Gasteiger partial charge is 0.294 e. The molecule has 0 amide bonds. The first-order chi connectivity index (χ1) is 9.70. The van der Waals surface area contributed by atoms with Crippen LogP contribution < -0.4 is 0 Å². The van der Waals surface area contributed by atoms with Gasteiger partial charge in [0.1, 0.15) is 0 Å². The van der Waals surface area contributed by atoms with Crippen molar-refractivity contribution in [1.29, 1.82) is 0 Å². The summed E-state index contributed by atoms with van der Waals surface area (Å²) in [6, 6.07) is 6.55. The maximum absolute atomic E-state index is 12.6. The molecular formula is C19H22O. The Kier molecular flexibility index (Phi) is 2.67. The second-order valence-corrected chi connectivity index (χ2v) is 7.07. The molecule has 0 heterocycles. The molecule has 1 fully saturated rings. The Hall–Kier alpha value is -1.37. The van der Waals surface area contributed by atoms with Gasteiger partial charge in [-0.1, -0.05) is 43.7 Å². The third-order valence-electron chi connectivity index (χ3n) is 5.69.